The van der Waals surface area contributed by atoms with Crippen molar-refractivity contribution < 1.29 is 19.5 Å². The van der Waals surface area contributed by atoms with Crippen LogP contribution < -0.4 is 10.6 Å². The zero-order valence-electron chi connectivity index (χ0n) is 25.2. The molecule has 3 N–H and O–H groups in total. The zero-order valence-corrected chi connectivity index (χ0v) is 25.2. The zero-order chi connectivity index (χ0) is 30.7. The number of carboxylic acids is 1. The Morgan fingerprint density at radius 2 is 1.24 bits per heavy atom. The summed E-state index contributed by atoms with van der Waals surface area (Å²) in [6.45, 7) is 4.39. The van der Waals surface area contributed by atoms with Gasteiger partial charge in [-0.25, -0.2) is 4.98 Å². The van der Waals surface area contributed by atoms with Crippen LogP contribution in [0.4, 0.5) is 0 Å². The molecule has 0 fully saturated rings. The van der Waals surface area contributed by atoms with Crippen LogP contribution in [0.25, 0.3) is 0 Å². The highest BCUT2D eigenvalue weighted by molar-refractivity contribution is 5.91. The minimum Gasteiger partial charge on any atom is -0.481 e. The lowest BCUT2D eigenvalue weighted by molar-refractivity contribution is -0.142. The van der Waals surface area contributed by atoms with Gasteiger partial charge in [-0.05, 0) is 64.7 Å². The van der Waals surface area contributed by atoms with Crippen molar-refractivity contribution in [2.24, 2.45) is 5.92 Å². The molecule has 228 valence electrons. The molecule has 1 aromatic rings. The van der Waals surface area contributed by atoms with Crippen LogP contribution in [0.5, 0.6) is 0 Å². The maximum Gasteiger partial charge on any atom is 0.306 e. The summed E-state index contributed by atoms with van der Waals surface area (Å²) < 4.78 is 0. The second-order valence-corrected chi connectivity index (χ2v) is 9.72. The van der Waals surface area contributed by atoms with Crippen molar-refractivity contribution in [1.29, 1.82) is 0 Å². The van der Waals surface area contributed by atoms with Crippen LogP contribution >= 0.6 is 0 Å². The largest absolute Gasteiger partial charge is 0.481 e. The average molecular weight is 577 g/mol. The van der Waals surface area contributed by atoms with Crippen LogP contribution in [0.2, 0.25) is 0 Å². The van der Waals surface area contributed by atoms with Crippen molar-refractivity contribution in [3.05, 3.63) is 96.7 Å². The highest BCUT2D eigenvalue weighted by atomic mass is 16.4. The van der Waals surface area contributed by atoms with Crippen molar-refractivity contribution >= 4 is 17.8 Å². The number of rotatable bonds is 22. The van der Waals surface area contributed by atoms with Crippen molar-refractivity contribution in [2.45, 2.75) is 78.1 Å². The molecule has 1 heterocycles. The van der Waals surface area contributed by atoms with Gasteiger partial charge in [0.15, 0.2) is 0 Å². The number of nitrogens with zero attached hydrogens (tertiary/aromatic N) is 2. The lowest BCUT2D eigenvalue weighted by Crippen LogP contribution is -2.31. The fourth-order valence-corrected chi connectivity index (χ4v) is 3.68. The monoisotopic (exact) mass is 576 g/mol. The number of nitrogens with one attached hydrogen (secondary N) is 2. The molecule has 0 radical (unpaired) electrons. The van der Waals surface area contributed by atoms with Crippen molar-refractivity contribution in [3.63, 3.8) is 0 Å². The second kappa shape index (κ2) is 24.7. The minimum atomic E-state index is -0.952. The molecule has 0 aromatic carbocycles. The molecule has 0 saturated carbocycles. The number of aryl methyl sites for hydroxylation is 1. The molecule has 1 unspecified atom stereocenters. The van der Waals surface area contributed by atoms with Gasteiger partial charge in [0.1, 0.15) is 5.69 Å². The number of carbonyl (C=O) groups is 3. The first-order valence-electron chi connectivity index (χ1n) is 14.9. The van der Waals surface area contributed by atoms with Crippen LogP contribution in [0.15, 0.2) is 85.3 Å². The Balaban J connectivity index is 2.09. The standard InChI is InChI=1S/C34H48N4O4/c1-3-4-5-6-7-8-9-10-11-12-13-14-15-16-17-18-19-20-21-22-32(39)35-25-23-30(34(41)42)24-26-36-33(40)31-28-37-29(2)27-38-31/h4-5,7-8,10-11,13-14,16-17,19-20,27-28,30H,3,6,9,12,15,18,21-26H2,1-2H3,(H,35,39)(H,36,40)(H,41,42). The predicted molar refractivity (Wildman–Crippen MR) is 170 cm³/mol. The van der Waals surface area contributed by atoms with Gasteiger partial charge < -0.3 is 15.7 Å². The number of hydrogen-bond donors (Lipinski definition) is 3. The Bertz CT molecular complexity index is 1090. The van der Waals surface area contributed by atoms with E-state index in [0.717, 1.165) is 38.5 Å². The lowest BCUT2D eigenvalue weighted by atomic mass is 10.0. The van der Waals surface area contributed by atoms with Gasteiger partial charge in [-0.15, -0.1) is 0 Å². The molecule has 0 spiro atoms. The topological polar surface area (TPSA) is 121 Å². The quantitative estimate of drug-likeness (QED) is 0.134. The van der Waals surface area contributed by atoms with E-state index >= 15 is 0 Å². The molecule has 0 saturated heterocycles. The third-order valence-electron chi connectivity index (χ3n) is 6.09. The van der Waals surface area contributed by atoms with Crippen LogP contribution in [0.1, 0.15) is 87.3 Å². The van der Waals surface area contributed by atoms with E-state index in [9.17, 15) is 19.5 Å². The van der Waals surface area contributed by atoms with E-state index in [1.54, 1.807) is 6.92 Å². The number of amides is 2. The summed E-state index contributed by atoms with van der Waals surface area (Å²) >= 11 is 0. The van der Waals surface area contributed by atoms with Crippen LogP contribution in [0, 0.1) is 12.8 Å². The van der Waals surface area contributed by atoms with Gasteiger partial charge in [-0.1, -0.05) is 79.8 Å². The Morgan fingerprint density at radius 1 is 0.738 bits per heavy atom. The fourth-order valence-electron chi connectivity index (χ4n) is 3.68. The highest BCUT2D eigenvalue weighted by Gasteiger charge is 2.18. The number of carbonyl (C=O) groups excluding carboxylic acids is 2. The van der Waals surface area contributed by atoms with Gasteiger partial charge in [0.25, 0.3) is 5.91 Å². The van der Waals surface area contributed by atoms with Gasteiger partial charge in [-0.3, -0.25) is 19.4 Å². The Labute approximate surface area is 251 Å². The third-order valence-corrected chi connectivity index (χ3v) is 6.09. The van der Waals surface area contributed by atoms with Gasteiger partial charge in [0.2, 0.25) is 5.91 Å². The van der Waals surface area contributed by atoms with Crippen molar-refractivity contribution in [2.75, 3.05) is 13.1 Å². The van der Waals surface area contributed by atoms with Crippen molar-refractivity contribution in [1.82, 2.24) is 20.6 Å². The SMILES string of the molecule is CCC=CCC=CCC=CCC=CCC=CCC=CCCC(=O)NCCC(CCNC(=O)c1cnc(C)cn1)C(=O)O. The van der Waals surface area contributed by atoms with Gasteiger partial charge in [0, 0.05) is 25.7 Å². The second-order valence-electron chi connectivity index (χ2n) is 9.72. The molecule has 1 rings (SSSR count). The third kappa shape index (κ3) is 19.9. The Kier molecular flexibility index (Phi) is 21.1. The maximum atomic E-state index is 12.1. The summed E-state index contributed by atoms with van der Waals surface area (Å²) in [5.74, 6) is -2.12. The molecular weight excluding hydrogens is 528 g/mol. The van der Waals surface area contributed by atoms with E-state index in [1.165, 1.54) is 12.4 Å². The fraction of sp³-hybridized carbons (Fsp3) is 0.441. The summed E-state index contributed by atoms with van der Waals surface area (Å²) in [4.78, 5) is 43.7. The number of aliphatic carboxylic acids is 1. The van der Waals surface area contributed by atoms with Crippen LogP contribution in [0.3, 0.4) is 0 Å². The first-order valence-corrected chi connectivity index (χ1v) is 14.9. The molecule has 8 nitrogen and oxygen atoms in total. The Morgan fingerprint density at radius 3 is 1.71 bits per heavy atom. The average Bonchev–Trinajstić information content (AvgIpc) is 2.97. The van der Waals surface area contributed by atoms with E-state index in [-0.39, 0.29) is 31.1 Å². The molecular formula is C34H48N4O4. The smallest absolute Gasteiger partial charge is 0.306 e. The molecule has 0 aliphatic heterocycles. The van der Waals surface area contributed by atoms with Gasteiger partial charge >= 0.3 is 5.97 Å². The van der Waals surface area contributed by atoms with Crippen molar-refractivity contribution in [3.8, 4) is 0 Å². The number of hydrogen-bond acceptors (Lipinski definition) is 5. The molecule has 8 heteroatoms. The van der Waals surface area contributed by atoms with Gasteiger partial charge in [0.05, 0.1) is 17.8 Å². The predicted octanol–water partition coefficient (Wildman–Crippen LogP) is 6.59. The molecule has 0 bridgehead atoms. The van der Waals surface area contributed by atoms with E-state index < -0.39 is 17.8 Å². The molecule has 0 aliphatic carbocycles. The van der Waals surface area contributed by atoms with Gasteiger partial charge in [-0.2, -0.15) is 0 Å². The summed E-state index contributed by atoms with van der Waals surface area (Å²) in [6.07, 6.45) is 35.9. The van der Waals surface area contributed by atoms with Crippen LogP contribution in [-0.4, -0.2) is 45.9 Å². The maximum absolute atomic E-state index is 12.1. The van der Waals surface area contributed by atoms with E-state index in [4.69, 9.17) is 0 Å². The van der Waals surface area contributed by atoms with E-state index in [0.29, 0.717) is 25.0 Å². The van der Waals surface area contributed by atoms with E-state index in [1.807, 2.05) is 12.2 Å². The highest BCUT2D eigenvalue weighted by Crippen LogP contribution is 2.08. The summed E-state index contributed by atoms with van der Waals surface area (Å²) in [6, 6.07) is 0. The normalized spacial score (nSPS) is 12.9. The summed E-state index contributed by atoms with van der Waals surface area (Å²) in [5, 5.41) is 14.9. The first kappa shape index (κ1) is 36.0. The molecule has 42 heavy (non-hydrogen) atoms. The Hall–Kier alpha value is -4.07. The molecule has 2 amide bonds. The summed E-state index contributed by atoms with van der Waals surface area (Å²) in [7, 11) is 0. The minimum absolute atomic E-state index is 0.107. The van der Waals surface area contributed by atoms with E-state index in [2.05, 4.69) is 88.3 Å². The number of carboxylic acid groups (broad SMARTS) is 1. The molecule has 1 atom stereocenters. The lowest BCUT2D eigenvalue weighted by Gasteiger charge is -2.13. The first-order chi connectivity index (χ1) is 20.4. The summed E-state index contributed by atoms with van der Waals surface area (Å²) in [5.41, 5.74) is 0.892. The van der Waals surface area contributed by atoms with Crippen LogP contribution in [-0.2, 0) is 9.59 Å². The number of allylic oxidation sites excluding steroid dienone is 12. The molecule has 1 aromatic heterocycles. The number of aromatic nitrogens is 2. The molecule has 0 aliphatic rings.